The smallest absolute Gasteiger partial charge is 0.410 e. The molecule has 5 nitrogen and oxygen atoms in total. The van der Waals surface area contributed by atoms with Gasteiger partial charge in [0.15, 0.2) is 0 Å². The Morgan fingerprint density at radius 3 is 2.61 bits per heavy atom. The molecule has 0 aromatic heterocycles. The number of hydrogen-bond acceptors (Lipinski definition) is 5. The van der Waals surface area contributed by atoms with Gasteiger partial charge in [-0.1, -0.05) is 12.1 Å². The normalized spacial score (nSPS) is 18.7. The quantitative estimate of drug-likeness (QED) is 0.470. The maximum Gasteiger partial charge on any atom is 0.410 e. The van der Waals surface area contributed by atoms with Crippen LogP contribution >= 0.6 is 11.8 Å². The summed E-state index contributed by atoms with van der Waals surface area (Å²) in [4.78, 5) is 18.8. The van der Waals surface area contributed by atoms with Gasteiger partial charge in [-0.2, -0.15) is 11.8 Å². The Morgan fingerprint density at radius 2 is 1.94 bits per heavy atom. The van der Waals surface area contributed by atoms with Crippen LogP contribution in [0, 0.1) is 11.6 Å². The molecule has 0 spiro atoms. The molecular formula is C25H30F2N2O3S. The zero-order valence-electron chi connectivity index (χ0n) is 19.4. The van der Waals surface area contributed by atoms with Crippen molar-refractivity contribution in [1.29, 1.82) is 0 Å². The lowest BCUT2D eigenvalue weighted by molar-refractivity contribution is 0.0269. The second-order valence-electron chi connectivity index (χ2n) is 8.94. The van der Waals surface area contributed by atoms with Gasteiger partial charge in [0, 0.05) is 29.3 Å². The Labute approximate surface area is 198 Å². The van der Waals surface area contributed by atoms with E-state index in [1.54, 1.807) is 30.0 Å². The molecule has 1 aliphatic heterocycles. The highest BCUT2D eigenvalue weighted by Gasteiger charge is 2.36. The Hall–Kier alpha value is -2.61. The summed E-state index contributed by atoms with van der Waals surface area (Å²) in [5, 5.41) is 0.196. The van der Waals surface area contributed by atoms with Crippen molar-refractivity contribution in [2.24, 2.45) is 4.99 Å². The van der Waals surface area contributed by atoms with Crippen molar-refractivity contribution in [3.05, 3.63) is 65.2 Å². The number of ether oxygens (including phenoxy) is 2. The lowest BCUT2D eigenvalue weighted by atomic mass is 10.2. The molecule has 1 fully saturated rings. The van der Waals surface area contributed by atoms with Crippen molar-refractivity contribution in [3.63, 3.8) is 0 Å². The largest absolute Gasteiger partial charge is 0.497 e. The predicted octanol–water partition coefficient (Wildman–Crippen LogP) is 5.86. The number of halogens is 2. The van der Waals surface area contributed by atoms with E-state index in [-0.39, 0.29) is 23.4 Å². The number of hydrogen-bond donors (Lipinski definition) is 0. The van der Waals surface area contributed by atoms with Crippen LogP contribution in [0.25, 0.3) is 0 Å². The molecule has 1 saturated heterocycles. The van der Waals surface area contributed by atoms with Gasteiger partial charge in [-0.15, -0.1) is 0 Å². The first-order valence-corrected chi connectivity index (χ1v) is 11.9. The molecule has 0 bridgehead atoms. The highest BCUT2D eigenvalue weighted by atomic mass is 32.2. The number of rotatable bonds is 7. The first-order chi connectivity index (χ1) is 15.6. The van der Waals surface area contributed by atoms with Crippen molar-refractivity contribution in [3.8, 4) is 5.75 Å². The molecule has 0 N–H and O–H groups in total. The summed E-state index contributed by atoms with van der Waals surface area (Å²) in [6, 6.07) is 10.9. The lowest BCUT2D eigenvalue weighted by Crippen LogP contribution is -2.40. The Kier molecular flexibility index (Phi) is 8.35. The zero-order valence-corrected chi connectivity index (χ0v) is 20.2. The van der Waals surface area contributed by atoms with Crippen LogP contribution < -0.4 is 4.74 Å². The van der Waals surface area contributed by atoms with E-state index < -0.39 is 23.3 Å². The number of thioether (sulfide) groups is 1. The van der Waals surface area contributed by atoms with Crippen molar-refractivity contribution in [2.75, 3.05) is 13.7 Å². The van der Waals surface area contributed by atoms with Gasteiger partial charge in [-0.05, 0) is 63.1 Å². The van der Waals surface area contributed by atoms with Crippen LogP contribution in [0.3, 0.4) is 0 Å². The minimum Gasteiger partial charge on any atom is -0.497 e. The van der Waals surface area contributed by atoms with Gasteiger partial charge in [0.2, 0.25) is 0 Å². The average Bonchev–Trinajstić information content (AvgIpc) is 3.17. The third kappa shape index (κ3) is 7.45. The minimum atomic E-state index is -0.613. The topological polar surface area (TPSA) is 51.1 Å². The first-order valence-electron chi connectivity index (χ1n) is 10.8. The molecule has 0 saturated carbocycles. The van der Waals surface area contributed by atoms with Crippen molar-refractivity contribution >= 4 is 24.1 Å². The molecule has 8 heteroatoms. The number of methoxy groups -OCH3 is 1. The van der Waals surface area contributed by atoms with Crippen LogP contribution in [-0.4, -0.2) is 47.8 Å². The average molecular weight is 477 g/mol. The molecule has 0 unspecified atom stereocenters. The molecule has 0 aliphatic carbocycles. The highest BCUT2D eigenvalue weighted by Crippen LogP contribution is 2.31. The second kappa shape index (κ2) is 11.0. The molecule has 178 valence electrons. The molecule has 1 aliphatic rings. The van der Waals surface area contributed by atoms with Gasteiger partial charge < -0.3 is 9.47 Å². The van der Waals surface area contributed by atoms with E-state index in [4.69, 9.17) is 9.47 Å². The first kappa shape index (κ1) is 25.0. The number of likely N-dealkylation sites (tertiary alicyclic amines) is 1. The summed E-state index contributed by atoms with van der Waals surface area (Å²) in [5.41, 5.74) is 0.736. The fraction of sp³-hybridized carbons (Fsp3) is 0.440. The summed E-state index contributed by atoms with van der Waals surface area (Å²) in [7, 11) is 1.64. The molecule has 2 aromatic rings. The van der Waals surface area contributed by atoms with Crippen LogP contribution in [0.4, 0.5) is 13.6 Å². The maximum atomic E-state index is 13.9. The number of carbonyl (C=O) groups excluding carboxylic acids is 1. The summed E-state index contributed by atoms with van der Waals surface area (Å²) in [5.74, 6) is 0.603. The third-order valence-corrected chi connectivity index (χ3v) is 6.44. The summed E-state index contributed by atoms with van der Waals surface area (Å²) in [6.45, 7) is 6.01. The minimum absolute atomic E-state index is 0.00586. The van der Waals surface area contributed by atoms with Crippen LogP contribution in [0.2, 0.25) is 0 Å². The van der Waals surface area contributed by atoms with Gasteiger partial charge in [-0.3, -0.25) is 9.89 Å². The standard InChI is InChI=1S/C25H30F2N2O3S/c1-25(2,3)32-24(30)29-15-22(33-16-17-5-8-21(31-4)9-6-17)12-20(29)14-28-13-18-11-19(26)7-10-23(18)27/h5-11,14,20,22H,12-13,15-16H2,1-4H3/t20-,22+/m0/s1. The van der Waals surface area contributed by atoms with Gasteiger partial charge >= 0.3 is 6.09 Å². The van der Waals surface area contributed by atoms with Gasteiger partial charge in [0.25, 0.3) is 0 Å². The summed E-state index contributed by atoms with van der Waals surface area (Å²) in [6.07, 6.45) is 1.96. The monoisotopic (exact) mass is 476 g/mol. The van der Waals surface area contributed by atoms with E-state index in [9.17, 15) is 13.6 Å². The Balaban J connectivity index is 1.66. The summed E-state index contributed by atoms with van der Waals surface area (Å²) < 4.78 is 38.1. The molecular weight excluding hydrogens is 446 g/mol. The van der Waals surface area contributed by atoms with E-state index in [1.165, 1.54) is 5.56 Å². The van der Waals surface area contributed by atoms with Crippen molar-refractivity contribution in [2.45, 2.75) is 56.4 Å². The SMILES string of the molecule is COc1ccc(CS[C@@H]2C[C@@H](C=NCc3cc(F)ccc3F)N(C(=O)OC(C)(C)C)C2)cc1. The van der Waals surface area contributed by atoms with Crippen LogP contribution in [0.5, 0.6) is 5.75 Å². The van der Waals surface area contributed by atoms with Gasteiger partial charge in [-0.25, -0.2) is 13.6 Å². The second-order valence-corrected chi connectivity index (χ2v) is 10.2. The van der Waals surface area contributed by atoms with Gasteiger partial charge in [0.05, 0.1) is 19.7 Å². The molecule has 0 radical (unpaired) electrons. The molecule has 33 heavy (non-hydrogen) atoms. The lowest BCUT2D eigenvalue weighted by Gasteiger charge is -2.27. The molecule has 3 rings (SSSR count). The summed E-state index contributed by atoms with van der Waals surface area (Å²) >= 11 is 1.77. The van der Waals surface area contributed by atoms with E-state index in [0.29, 0.717) is 13.0 Å². The van der Waals surface area contributed by atoms with E-state index in [0.717, 1.165) is 29.7 Å². The van der Waals surface area contributed by atoms with E-state index in [2.05, 4.69) is 4.99 Å². The fourth-order valence-electron chi connectivity index (χ4n) is 3.49. The zero-order chi connectivity index (χ0) is 24.0. The number of amides is 1. The number of nitrogens with zero attached hydrogens (tertiary/aromatic N) is 2. The highest BCUT2D eigenvalue weighted by molar-refractivity contribution is 7.99. The van der Waals surface area contributed by atoms with Crippen LogP contribution in [-0.2, 0) is 17.0 Å². The van der Waals surface area contributed by atoms with Crippen LogP contribution in [0.15, 0.2) is 47.5 Å². The third-order valence-electron chi connectivity index (χ3n) is 5.12. The Bertz CT molecular complexity index is 977. The van der Waals surface area contributed by atoms with E-state index in [1.807, 2.05) is 45.0 Å². The Morgan fingerprint density at radius 1 is 1.21 bits per heavy atom. The van der Waals surface area contributed by atoms with E-state index >= 15 is 0 Å². The molecule has 1 amide bonds. The van der Waals surface area contributed by atoms with Crippen molar-refractivity contribution in [1.82, 2.24) is 4.90 Å². The molecule has 2 aromatic carbocycles. The van der Waals surface area contributed by atoms with Gasteiger partial charge in [0.1, 0.15) is 23.0 Å². The number of aliphatic imine (C=N–C) groups is 1. The number of benzene rings is 2. The van der Waals surface area contributed by atoms with Crippen LogP contribution in [0.1, 0.15) is 38.3 Å². The number of carbonyl (C=O) groups is 1. The fourth-order valence-corrected chi connectivity index (χ4v) is 4.71. The van der Waals surface area contributed by atoms with Crippen molar-refractivity contribution < 1.29 is 23.0 Å². The molecule has 1 heterocycles. The molecule has 2 atom stereocenters. The predicted molar refractivity (Wildman–Crippen MR) is 128 cm³/mol. The maximum absolute atomic E-state index is 13.9.